The molecule has 1 rings (SSSR count). The standard InChI is InChI=1S/C12H16BrFN2O/c1-2-3-6-15-12(17)16-8-9-7-10(13)4-5-11(9)14/h4-5,7H,2-3,6,8H2,1H3,(H2,15,16,17). The minimum Gasteiger partial charge on any atom is -0.338 e. The van der Waals surface area contributed by atoms with Gasteiger partial charge in [-0.1, -0.05) is 29.3 Å². The summed E-state index contributed by atoms with van der Waals surface area (Å²) in [4.78, 5) is 11.3. The molecule has 94 valence electrons. The molecule has 0 aliphatic rings. The van der Waals surface area contributed by atoms with Gasteiger partial charge in [-0.25, -0.2) is 9.18 Å². The van der Waals surface area contributed by atoms with E-state index in [0.717, 1.165) is 17.3 Å². The van der Waals surface area contributed by atoms with Gasteiger partial charge in [0.15, 0.2) is 0 Å². The number of carbonyl (C=O) groups is 1. The van der Waals surface area contributed by atoms with Gasteiger partial charge in [0.2, 0.25) is 0 Å². The van der Waals surface area contributed by atoms with Crippen molar-refractivity contribution >= 4 is 22.0 Å². The van der Waals surface area contributed by atoms with Crippen LogP contribution in [0.2, 0.25) is 0 Å². The van der Waals surface area contributed by atoms with Crippen molar-refractivity contribution in [3.05, 3.63) is 34.1 Å². The van der Waals surface area contributed by atoms with E-state index in [-0.39, 0.29) is 18.4 Å². The van der Waals surface area contributed by atoms with Crippen molar-refractivity contribution in [2.45, 2.75) is 26.3 Å². The van der Waals surface area contributed by atoms with E-state index in [0.29, 0.717) is 12.1 Å². The van der Waals surface area contributed by atoms with E-state index in [1.165, 1.54) is 6.07 Å². The second kappa shape index (κ2) is 7.27. The SMILES string of the molecule is CCCCNC(=O)NCc1cc(Br)ccc1F. The van der Waals surface area contributed by atoms with Crippen molar-refractivity contribution in [2.24, 2.45) is 0 Å². The quantitative estimate of drug-likeness (QED) is 0.806. The zero-order valence-electron chi connectivity index (χ0n) is 9.72. The van der Waals surface area contributed by atoms with Crippen molar-refractivity contribution in [3.63, 3.8) is 0 Å². The molecule has 0 radical (unpaired) electrons. The number of halogens is 2. The number of rotatable bonds is 5. The van der Waals surface area contributed by atoms with Crippen LogP contribution in [0.4, 0.5) is 9.18 Å². The normalized spacial score (nSPS) is 10.1. The van der Waals surface area contributed by atoms with Gasteiger partial charge in [0.25, 0.3) is 0 Å². The van der Waals surface area contributed by atoms with E-state index in [1.54, 1.807) is 12.1 Å². The third-order valence-electron chi connectivity index (χ3n) is 2.26. The van der Waals surface area contributed by atoms with Crippen molar-refractivity contribution in [3.8, 4) is 0 Å². The Bertz CT molecular complexity index is 385. The topological polar surface area (TPSA) is 41.1 Å². The second-order valence-corrected chi connectivity index (χ2v) is 4.61. The van der Waals surface area contributed by atoms with Gasteiger partial charge < -0.3 is 10.6 Å². The van der Waals surface area contributed by atoms with Gasteiger partial charge in [-0.2, -0.15) is 0 Å². The van der Waals surface area contributed by atoms with Crippen LogP contribution in [0.25, 0.3) is 0 Å². The van der Waals surface area contributed by atoms with Gasteiger partial charge in [-0.15, -0.1) is 0 Å². The van der Waals surface area contributed by atoms with Crippen LogP contribution in [0.15, 0.2) is 22.7 Å². The first kappa shape index (κ1) is 14.0. The van der Waals surface area contributed by atoms with Crippen LogP contribution in [0, 0.1) is 5.82 Å². The summed E-state index contributed by atoms with van der Waals surface area (Å²) in [6.07, 6.45) is 1.97. The maximum absolute atomic E-state index is 13.3. The number of unbranched alkanes of at least 4 members (excludes halogenated alkanes) is 1. The monoisotopic (exact) mass is 302 g/mol. The van der Waals surface area contributed by atoms with Crippen molar-refractivity contribution < 1.29 is 9.18 Å². The molecular weight excluding hydrogens is 287 g/mol. The van der Waals surface area contributed by atoms with Gasteiger partial charge in [0.1, 0.15) is 5.82 Å². The molecule has 17 heavy (non-hydrogen) atoms. The molecule has 1 aromatic rings. The first-order valence-electron chi connectivity index (χ1n) is 5.59. The molecule has 3 nitrogen and oxygen atoms in total. The Morgan fingerprint density at radius 3 is 2.88 bits per heavy atom. The fourth-order valence-corrected chi connectivity index (χ4v) is 1.70. The molecule has 0 atom stereocenters. The molecule has 5 heteroatoms. The van der Waals surface area contributed by atoms with Crippen molar-refractivity contribution in [1.29, 1.82) is 0 Å². The summed E-state index contributed by atoms with van der Waals surface area (Å²) >= 11 is 3.26. The van der Waals surface area contributed by atoms with E-state index in [1.807, 2.05) is 0 Å². The van der Waals surface area contributed by atoms with Crippen LogP contribution in [0.5, 0.6) is 0 Å². The first-order valence-corrected chi connectivity index (χ1v) is 6.38. The van der Waals surface area contributed by atoms with Crippen LogP contribution in [-0.4, -0.2) is 12.6 Å². The summed E-state index contributed by atoms with van der Waals surface area (Å²) in [5.74, 6) is -0.318. The molecule has 2 amide bonds. The van der Waals surface area contributed by atoms with Gasteiger partial charge in [-0.05, 0) is 24.6 Å². The zero-order valence-corrected chi connectivity index (χ0v) is 11.3. The molecule has 0 fully saturated rings. The van der Waals surface area contributed by atoms with Crippen LogP contribution in [0.1, 0.15) is 25.3 Å². The highest BCUT2D eigenvalue weighted by molar-refractivity contribution is 9.10. The average molecular weight is 303 g/mol. The lowest BCUT2D eigenvalue weighted by molar-refractivity contribution is 0.240. The Labute approximate surface area is 109 Å². The van der Waals surface area contributed by atoms with Gasteiger partial charge in [0.05, 0.1) is 0 Å². The number of urea groups is 1. The summed E-state index contributed by atoms with van der Waals surface area (Å²) in [5.41, 5.74) is 0.463. The highest BCUT2D eigenvalue weighted by Gasteiger charge is 2.04. The number of hydrogen-bond acceptors (Lipinski definition) is 1. The molecule has 0 saturated carbocycles. The Balaban J connectivity index is 2.39. The summed E-state index contributed by atoms with van der Waals surface area (Å²) < 4.78 is 14.1. The van der Waals surface area contributed by atoms with Crippen LogP contribution < -0.4 is 10.6 Å². The van der Waals surface area contributed by atoms with E-state index in [9.17, 15) is 9.18 Å². The van der Waals surface area contributed by atoms with E-state index in [4.69, 9.17) is 0 Å². The largest absolute Gasteiger partial charge is 0.338 e. The Kier molecular flexibility index (Phi) is 5.97. The summed E-state index contributed by atoms with van der Waals surface area (Å²) in [6.45, 7) is 2.88. The minimum atomic E-state index is -0.318. The Morgan fingerprint density at radius 2 is 2.18 bits per heavy atom. The number of nitrogens with one attached hydrogen (secondary N) is 2. The average Bonchev–Trinajstić information content (AvgIpc) is 2.31. The number of carbonyl (C=O) groups excluding carboxylic acids is 1. The van der Waals surface area contributed by atoms with Crippen LogP contribution in [-0.2, 0) is 6.54 Å². The molecular formula is C12H16BrFN2O. The summed E-state index contributed by atoms with van der Waals surface area (Å²) in [6, 6.07) is 4.38. The van der Waals surface area contributed by atoms with E-state index >= 15 is 0 Å². The van der Waals surface area contributed by atoms with Gasteiger partial charge in [-0.3, -0.25) is 0 Å². The molecule has 0 aliphatic heterocycles. The maximum Gasteiger partial charge on any atom is 0.315 e. The smallest absolute Gasteiger partial charge is 0.315 e. The third-order valence-corrected chi connectivity index (χ3v) is 2.76. The Hall–Kier alpha value is -1.10. The zero-order chi connectivity index (χ0) is 12.7. The molecule has 2 N–H and O–H groups in total. The van der Waals surface area contributed by atoms with Gasteiger partial charge >= 0.3 is 6.03 Å². The van der Waals surface area contributed by atoms with Crippen molar-refractivity contribution in [1.82, 2.24) is 10.6 Å². The molecule has 0 aliphatic carbocycles. The van der Waals surface area contributed by atoms with E-state index in [2.05, 4.69) is 33.5 Å². The minimum absolute atomic E-state index is 0.184. The molecule has 0 spiro atoms. The molecule has 0 unspecified atom stereocenters. The van der Waals surface area contributed by atoms with Crippen LogP contribution >= 0.6 is 15.9 Å². The fourth-order valence-electron chi connectivity index (χ4n) is 1.30. The highest BCUT2D eigenvalue weighted by atomic mass is 79.9. The fraction of sp³-hybridized carbons (Fsp3) is 0.417. The highest BCUT2D eigenvalue weighted by Crippen LogP contribution is 2.15. The molecule has 0 aromatic heterocycles. The molecule has 0 heterocycles. The summed E-state index contributed by atoms with van der Waals surface area (Å²) in [7, 11) is 0. The number of benzene rings is 1. The van der Waals surface area contributed by atoms with Crippen molar-refractivity contribution in [2.75, 3.05) is 6.54 Å². The second-order valence-electron chi connectivity index (χ2n) is 3.70. The number of amides is 2. The summed E-state index contributed by atoms with van der Waals surface area (Å²) in [5, 5.41) is 5.32. The van der Waals surface area contributed by atoms with Crippen LogP contribution in [0.3, 0.4) is 0 Å². The number of hydrogen-bond donors (Lipinski definition) is 2. The van der Waals surface area contributed by atoms with E-state index < -0.39 is 0 Å². The molecule has 1 aromatic carbocycles. The molecule has 0 bridgehead atoms. The lowest BCUT2D eigenvalue weighted by atomic mass is 10.2. The van der Waals surface area contributed by atoms with Gasteiger partial charge in [0, 0.05) is 23.1 Å². The predicted molar refractivity (Wildman–Crippen MR) is 69.2 cm³/mol. The predicted octanol–water partition coefficient (Wildman–Crippen LogP) is 3.19. The lowest BCUT2D eigenvalue weighted by Crippen LogP contribution is -2.35. The first-order chi connectivity index (χ1) is 8.13. The lowest BCUT2D eigenvalue weighted by Gasteiger charge is -2.08. The Morgan fingerprint density at radius 1 is 1.41 bits per heavy atom. The third kappa shape index (κ3) is 5.17. The maximum atomic E-state index is 13.3. The molecule has 0 saturated heterocycles.